The molecule has 3 rings (SSSR count). The zero-order chi connectivity index (χ0) is 22.3. The van der Waals surface area contributed by atoms with Gasteiger partial charge in [-0.2, -0.15) is 0 Å². The van der Waals surface area contributed by atoms with Gasteiger partial charge >= 0.3 is 17.9 Å². The fraction of sp³-hybridized carbons (Fsp3) is 0.708. The van der Waals surface area contributed by atoms with E-state index in [9.17, 15) is 14.4 Å². The number of ether oxygens (including phenoxy) is 3. The molecule has 1 heterocycles. The van der Waals surface area contributed by atoms with E-state index in [0.29, 0.717) is 12.3 Å². The Morgan fingerprint density at radius 2 is 1.90 bits per heavy atom. The minimum atomic E-state index is -1.07. The van der Waals surface area contributed by atoms with E-state index in [4.69, 9.17) is 14.2 Å². The molecule has 1 unspecified atom stereocenters. The van der Waals surface area contributed by atoms with Crippen LogP contribution in [-0.2, 0) is 28.6 Å². The molecule has 166 valence electrons. The molecule has 6 heteroatoms. The number of cyclic esters (lactones) is 1. The normalized spacial score (nSPS) is 33.5. The van der Waals surface area contributed by atoms with E-state index < -0.39 is 30.3 Å². The van der Waals surface area contributed by atoms with Crippen molar-refractivity contribution >= 4 is 17.9 Å². The zero-order valence-electron chi connectivity index (χ0n) is 18.9. The molecule has 0 aromatic rings. The van der Waals surface area contributed by atoms with E-state index in [1.165, 1.54) is 38.3 Å². The van der Waals surface area contributed by atoms with Crippen LogP contribution >= 0.6 is 0 Å². The Morgan fingerprint density at radius 3 is 2.53 bits per heavy atom. The van der Waals surface area contributed by atoms with Gasteiger partial charge in [-0.1, -0.05) is 38.8 Å². The van der Waals surface area contributed by atoms with Crippen LogP contribution in [0.2, 0.25) is 0 Å². The fourth-order valence-electron chi connectivity index (χ4n) is 6.13. The highest BCUT2D eigenvalue weighted by Gasteiger charge is 2.53. The molecule has 5 atom stereocenters. The molecule has 0 saturated heterocycles. The lowest BCUT2D eigenvalue weighted by Crippen LogP contribution is -2.49. The highest BCUT2D eigenvalue weighted by Crippen LogP contribution is 2.60. The number of esters is 3. The molecule has 0 bridgehead atoms. The summed E-state index contributed by atoms with van der Waals surface area (Å²) in [7, 11) is 0. The van der Waals surface area contributed by atoms with Gasteiger partial charge in [0.05, 0.1) is 5.57 Å². The largest absolute Gasteiger partial charge is 0.457 e. The summed E-state index contributed by atoms with van der Waals surface area (Å²) < 4.78 is 15.8. The van der Waals surface area contributed by atoms with E-state index in [0.717, 1.165) is 12.8 Å². The van der Waals surface area contributed by atoms with Gasteiger partial charge in [-0.15, -0.1) is 0 Å². The van der Waals surface area contributed by atoms with E-state index in [1.807, 2.05) is 0 Å². The average molecular weight is 419 g/mol. The molecular formula is C24H34O6. The number of fused-ring (bicyclic) bond motifs is 1. The highest BCUT2D eigenvalue weighted by molar-refractivity contribution is 5.92. The lowest BCUT2D eigenvalue weighted by atomic mass is 9.48. The van der Waals surface area contributed by atoms with E-state index in [1.54, 1.807) is 0 Å². The van der Waals surface area contributed by atoms with Gasteiger partial charge in [0.25, 0.3) is 6.29 Å². The van der Waals surface area contributed by atoms with Gasteiger partial charge in [-0.25, -0.2) is 4.79 Å². The number of hydrogen-bond acceptors (Lipinski definition) is 6. The maximum Gasteiger partial charge on any atom is 0.341 e. The molecule has 0 N–H and O–H groups in total. The average Bonchev–Trinajstić information content (AvgIpc) is 2.95. The summed E-state index contributed by atoms with van der Waals surface area (Å²) in [6.45, 7) is 11.8. The van der Waals surface area contributed by atoms with Crippen molar-refractivity contribution in [2.75, 3.05) is 0 Å². The third-order valence-electron chi connectivity index (χ3n) is 7.46. The number of carbonyl (C=O) groups is 3. The molecule has 0 radical (unpaired) electrons. The van der Waals surface area contributed by atoms with Crippen LogP contribution in [0.15, 0.2) is 23.3 Å². The quantitative estimate of drug-likeness (QED) is 0.484. The summed E-state index contributed by atoms with van der Waals surface area (Å²) in [6.07, 6.45) is 7.04. The van der Waals surface area contributed by atoms with Crippen LogP contribution in [0.25, 0.3) is 0 Å². The first-order valence-electron chi connectivity index (χ1n) is 10.9. The molecule has 3 aliphatic rings. The minimum absolute atomic E-state index is 0.0668. The van der Waals surface area contributed by atoms with Crippen LogP contribution in [0.5, 0.6) is 0 Å². The van der Waals surface area contributed by atoms with Gasteiger partial charge in [0, 0.05) is 19.9 Å². The SMILES string of the molecule is CC(=O)OC1C=C([C@@H](C[C@H]2C(C)=CC[C@H]3C(C)(C)CCC[C@]23C)OC(C)=O)C(=O)O1. The molecule has 1 saturated carbocycles. The molecule has 1 fully saturated rings. The molecule has 30 heavy (non-hydrogen) atoms. The second-order valence-corrected chi connectivity index (χ2v) is 9.98. The van der Waals surface area contributed by atoms with Crippen molar-refractivity contribution in [1.29, 1.82) is 0 Å². The Labute approximate surface area is 179 Å². The summed E-state index contributed by atoms with van der Waals surface area (Å²) in [5.41, 5.74) is 1.85. The van der Waals surface area contributed by atoms with Crippen LogP contribution in [-0.4, -0.2) is 30.3 Å². The first kappa shape index (κ1) is 22.6. The predicted molar refractivity (Wildman–Crippen MR) is 111 cm³/mol. The highest BCUT2D eigenvalue weighted by atomic mass is 16.7. The summed E-state index contributed by atoms with van der Waals surface area (Å²) in [5, 5.41) is 0. The summed E-state index contributed by atoms with van der Waals surface area (Å²) in [6, 6.07) is 0. The Balaban J connectivity index is 1.91. The van der Waals surface area contributed by atoms with Crippen LogP contribution < -0.4 is 0 Å². The van der Waals surface area contributed by atoms with Crippen LogP contribution in [0, 0.1) is 22.7 Å². The van der Waals surface area contributed by atoms with Crippen molar-refractivity contribution in [2.45, 2.75) is 86.0 Å². The summed E-state index contributed by atoms with van der Waals surface area (Å²) >= 11 is 0. The first-order valence-corrected chi connectivity index (χ1v) is 10.9. The Morgan fingerprint density at radius 1 is 1.20 bits per heavy atom. The maximum absolute atomic E-state index is 12.5. The second kappa shape index (κ2) is 8.20. The molecule has 0 amide bonds. The van der Waals surface area contributed by atoms with Gasteiger partial charge in [-0.05, 0) is 55.3 Å². The van der Waals surface area contributed by atoms with Crippen molar-refractivity contribution < 1.29 is 28.6 Å². The van der Waals surface area contributed by atoms with Gasteiger partial charge in [0.2, 0.25) is 0 Å². The Hall–Kier alpha value is -2.11. The van der Waals surface area contributed by atoms with Crippen LogP contribution in [0.3, 0.4) is 0 Å². The van der Waals surface area contributed by atoms with Crippen LogP contribution in [0.4, 0.5) is 0 Å². The van der Waals surface area contributed by atoms with Gasteiger partial charge < -0.3 is 14.2 Å². The molecule has 6 nitrogen and oxygen atoms in total. The first-order chi connectivity index (χ1) is 13.9. The molecule has 0 aromatic heterocycles. The lowest BCUT2D eigenvalue weighted by Gasteiger charge is -2.57. The Kier molecular flexibility index (Phi) is 6.17. The maximum atomic E-state index is 12.5. The number of allylic oxidation sites excluding steroid dienone is 2. The van der Waals surface area contributed by atoms with Gasteiger partial charge in [0.15, 0.2) is 0 Å². The van der Waals surface area contributed by atoms with E-state index in [2.05, 4.69) is 33.8 Å². The zero-order valence-corrected chi connectivity index (χ0v) is 18.9. The molecule has 1 aliphatic heterocycles. The van der Waals surface area contributed by atoms with Crippen molar-refractivity contribution in [3.63, 3.8) is 0 Å². The molecule has 0 spiro atoms. The van der Waals surface area contributed by atoms with Crippen molar-refractivity contribution in [2.24, 2.45) is 22.7 Å². The molecule has 2 aliphatic carbocycles. The molecular weight excluding hydrogens is 384 g/mol. The van der Waals surface area contributed by atoms with Crippen LogP contribution in [0.1, 0.15) is 73.6 Å². The number of hydrogen-bond donors (Lipinski definition) is 0. The van der Waals surface area contributed by atoms with E-state index >= 15 is 0 Å². The van der Waals surface area contributed by atoms with Crippen molar-refractivity contribution in [3.8, 4) is 0 Å². The third-order valence-corrected chi connectivity index (χ3v) is 7.46. The monoisotopic (exact) mass is 418 g/mol. The predicted octanol–water partition coefficient (Wildman–Crippen LogP) is 4.48. The lowest BCUT2D eigenvalue weighted by molar-refractivity contribution is -0.171. The Bertz CT molecular complexity index is 792. The van der Waals surface area contributed by atoms with Crippen molar-refractivity contribution in [3.05, 3.63) is 23.3 Å². The number of carbonyl (C=O) groups excluding carboxylic acids is 3. The van der Waals surface area contributed by atoms with Gasteiger partial charge in [-0.3, -0.25) is 9.59 Å². The smallest absolute Gasteiger partial charge is 0.341 e. The fourth-order valence-corrected chi connectivity index (χ4v) is 6.13. The third kappa shape index (κ3) is 4.33. The summed E-state index contributed by atoms with van der Waals surface area (Å²) in [5.74, 6) is -0.881. The minimum Gasteiger partial charge on any atom is -0.457 e. The van der Waals surface area contributed by atoms with E-state index in [-0.39, 0.29) is 22.3 Å². The second-order valence-electron chi connectivity index (χ2n) is 9.98. The molecule has 0 aromatic carbocycles. The van der Waals surface area contributed by atoms with Gasteiger partial charge in [0.1, 0.15) is 6.10 Å². The standard InChI is InChI=1S/C24H34O6/c1-14-8-9-20-23(4,5)10-7-11-24(20,6)18(14)13-19(28-15(2)25)17-12-21(29-16(3)26)30-22(17)27/h8,12,18-21H,7,9-11,13H2,1-6H3/t18-,19+,20-,21?,24+/m0/s1. The van der Waals surface area contributed by atoms with Crippen molar-refractivity contribution in [1.82, 2.24) is 0 Å². The summed E-state index contributed by atoms with van der Waals surface area (Å²) in [4.78, 5) is 35.6. The topological polar surface area (TPSA) is 78.9 Å². The number of rotatable bonds is 5.